The predicted octanol–water partition coefficient (Wildman–Crippen LogP) is 1.57. The fourth-order valence-corrected chi connectivity index (χ4v) is 2.64. The SMILES string of the molecule is Cc1cn2cc(-c3c4c(N)ncnc4nn3C)ccc2n1. The number of hydrogen-bond donors (Lipinski definition) is 1. The lowest BCUT2D eigenvalue weighted by molar-refractivity contribution is 0.783. The Balaban J connectivity index is 2.05. The van der Waals surface area contributed by atoms with Crippen molar-refractivity contribution in [1.29, 1.82) is 0 Å². The lowest BCUT2D eigenvalue weighted by Crippen LogP contribution is -1.96. The first-order valence-corrected chi connectivity index (χ1v) is 6.52. The fraction of sp³-hybridized carbons (Fsp3) is 0.143. The van der Waals surface area contributed by atoms with Gasteiger partial charge >= 0.3 is 0 Å². The number of anilines is 1. The Hall–Kier alpha value is -2.96. The Kier molecular flexibility index (Phi) is 2.26. The monoisotopic (exact) mass is 279 g/mol. The Morgan fingerprint density at radius 2 is 2.00 bits per heavy atom. The lowest BCUT2D eigenvalue weighted by Gasteiger charge is -2.04. The van der Waals surface area contributed by atoms with E-state index in [1.165, 1.54) is 6.33 Å². The Morgan fingerprint density at radius 3 is 2.86 bits per heavy atom. The van der Waals surface area contributed by atoms with Gasteiger partial charge in [0.2, 0.25) is 0 Å². The van der Waals surface area contributed by atoms with Gasteiger partial charge in [0.1, 0.15) is 17.8 Å². The van der Waals surface area contributed by atoms with Crippen LogP contribution in [0.1, 0.15) is 5.69 Å². The van der Waals surface area contributed by atoms with Crippen molar-refractivity contribution in [3.05, 3.63) is 36.5 Å². The Labute approximate surface area is 120 Å². The van der Waals surface area contributed by atoms with Gasteiger partial charge in [-0.3, -0.25) is 4.68 Å². The van der Waals surface area contributed by atoms with Gasteiger partial charge in [0.05, 0.1) is 16.8 Å². The maximum Gasteiger partial charge on any atom is 0.187 e. The van der Waals surface area contributed by atoms with E-state index >= 15 is 0 Å². The summed E-state index contributed by atoms with van der Waals surface area (Å²) in [6.45, 7) is 1.97. The molecule has 7 nitrogen and oxygen atoms in total. The predicted molar refractivity (Wildman–Crippen MR) is 79.6 cm³/mol. The third-order valence-corrected chi connectivity index (χ3v) is 3.51. The second-order valence-electron chi connectivity index (χ2n) is 5.00. The van der Waals surface area contributed by atoms with Crippen molar-refractivity contribution in [2.75, 3.05) is 5.73 Å². The molecule has 0 aromatic carbocycles. The summed E-state index contributed by atoms with van der Waals surface area (Å²) in [7, 11) is 1.87. The highest BCUT2D eigenvalue weighted by Crippen LogP contribution is 2.30. The van der Waals surface area contributed by atoms with Crippen LogP contribution in [0.4, 0.5) is 5.82 Å². The summed E-state index contributed by atoms with van der Waals surface area (Å²) in [5, 5.41) is 5.17. The highest BCUT2D eigenvalue weighted by molar-refractivity contribution is 5.98. The minimum absolute atomic E-state index is 0.435. The summed E-state index contributed by atoms with van der Waals surface area (Å²) in [5.74, 6) is 0.435. The first-order valence-electron chi connectivity index (χ1n) is 6.52. The average molecular weight is 279 g/mol. The maximum absolute atomic E-state index is 6.00. The molecule has 0 aliphatic heterocycles. The third kappa shape index (κ3) is 1.67. The molecule has 0 saturated heterocycles. The summed E-state index contributed by atoms with van der Waals surface area (Å²) in [6, 6.07) is 3.98. The number of imidazole rings is 1. The number of aryl methyl sites for hydroxylation is 2. The number of fused-ring (bicyclic) bond motifs is 2. The zero-order valence-corrected chi connectivity index (χ0v) is 11.6. The van der Waals surface area contributed by atoms with Crippen LogP contribution in [0.5, 0.6) is 0 Å². The molecule has 7 heteroatoms. The van der Waals surface area contributed by atoms with Crippen molar-refractivity contribution < 1.29 is 0 Å². The van der Waals surface area contributed by atoms with E-state index in [-0.39, 0.29) is 0 Å². The summed E-state index contributed by atoms with van der Waals surface area (Å²) < 4.78 is 3.77. The molecule has 21 heavy (non-hydrogen) atoms. The molecular weight excluding hydrogens is 266 g/mol. The van der Waals surface area contributed by atoms with Crippen LogP contribution in [0.2, 0.25) is 0 Å². The van der Waals surface area contributed by atoms with Crippen LogP contribution in [0.25, 0.3) is 27.9 Å². The van der Waals surface area contributed by atoms with Crippen LogP contribution in [-0.4, -0.2) is 29.1 Å². The molecular formula is C14H13N7. The number of pyridine rings is 1. The standard InChI is InChI=1S/C14H13N7/c1-8-5-21-6-9(3-4-10(21)18-8)12-11-13(15)16-7-17-14(11)19-20(12)2/h3-7H,1-2H3,(H2,15,16,17,19). The lowest BCUT2D eigenvalue weighted by atomic mass is 10.1. The molecule has 0 unspecified atom stereocenters. The fourth-order valence-electron chi connectivity index (χ4n) is 2.64. The van der Waals surface area contributed by atoms with Gasteiger partial charge in [0, 0.05) is 25.0 Å². The van der Waals surface area contributed by atoms with Gasteiger partial charge in [0.15, 0.2) is 5.65 Å². The summed E-state index contributed by atoms with van der Waals surface area (Å²) in [5.41, 5.74) is 10.4. The number of aromatic nitrogens is 6. The van der Waals surface area contributed by atoms with Crippen molar-refractivity contribution in [2.24, 2.45) is 7.05 Å². The molecule has 4 aromatic rings. The minimum atomic E-state index is 0.435. The van der Waals surface area contributed by atoms with E-state index in [1.54, 1.807) is 4.68 Å². The first-order chi connectivity index (χ1) is 10.1. The second-order valence-corrected chi connectivity index (χ2v) is 5.00. The maximum atomic E-state index is 6.00. The van der Waals surface area contributed by atoms with Gasteiger partial charge in [-0.15, -0.1) is 0 Å². The van der Waals surface area contributed by atoms with Crippen LogP contribution in [0.15, 0.2) is 30.9 Å². The largest absolute Gasteiger partial charge is 0.383 e. The van der Waals surface area contributed by atoms with E-state index in [4.69, 9.17) is 5.73 Å². The van der Waals surface area contributed by atoms with E-state index in [0.29, 0.717) is 11.5 Å². The quantitative estimate of drug-likeness (QED) is 0.571. The van der Waals surface area contributed by atoms with E-state index in [1.807, 2.05) is 42.9 Å². The molecule has 0 spiro atoms. The molecule has 0 amide bonds. The summed E-state index contributed by atoms with van der Waals surface area (Å²) in [4.78, 5) is 12.7. The van der Waals surface area contributed by atoms with E-state index < -0.39 is 0 Å². The van der Waals surface area contributed by atoms with Gasteiger partial charge < -0.3 is 10.1 Å². The molecule has 0 atom stereocenters. The number of nitrogens with zero attached hydrogens (tertiary/aromatic N) is 6. The molecule has 0 aliphatic rings. The average Bonchev–Trinajstić information content (AvgIpc) is 2.97. The molecule has 0 aliphatic carbocycles. The molecule has 0 saturated carbocycles. The molecule has 104 valence electrons. The van der Waals surface area contributed by atoms with Crippen LogP contribution in [-0.2, 0) is 7.05 Å². The van der Waals surface area contributed by atoms with Crippen LogP contribution in [0, 0.1) is 6.92 Å². The molecule has 2 N–H and O–H groups in total. The summed E-state index contributed by atoms with van der Waals surface area (Å²) in [6.07, 6.45) is 5.42. The van der Waals surface area contributed by atoms with Gasteiger partial charge in [-0.05, 0) is 19.1 Å². The van der Waals surface area contributed by atoms with Gasteiger partial charge in [-0.2, -0.15) is 5.10 Å². The highest BCUT2D eigenvalue weighted by Gasteiger charge is 2.16. The number of nitrogens with two attached hydrogens (primary N) is 1. The highest BCUT2D eigenvalue weighted by atomic mass is 15.3. The topological polar surface area (TPSA) is 86.9 Å². The molecule has 4 heterocycles. The number of nitrogen functional groups attached to an aromatic ring is 1. The Morgan fingerprint density at radius 1 is 1.14 bits per heavy atom. The normalized spacial score (nSPS) is 11.5. The third-order valence-electron chi connectivity index (χ3n) is 3.51. The first kappa shape index (κ1) is 11.8. The summed E-state index contributed by atoms with van der Waals surface area (Å²) >= 11 is 0. The van der Waals surface area contributed by atoms with Crippen LogP contribution in [0.3, 0.4) is 0 Å². The zero-order valence-electron chi connectivity index (χ0n) is 11.6. The molecule has 0 fully saturated rings. The molecule has 4 rings (SSSR count). The van der Waals surface area contributed by atoms with Gasteiger partial charge in [0.25, 0.3) is 0 Å². The second kappa shape index (κ2) is 4.02. The smallest absolute Gasteiger partial charge is 0.187 e. The van der Waals surface area contributed by atoms with Crippen molar-refractivity contribution in [2.45, 2.75) is 6.92 Å². The van der Waals surface area contributed by atoms with Gasteiger partial charge in [-0.1, -0.05) is 0 Å². The minimum Gasteiger partial charge on any atom is -0.383 e. The van der Waals surface area contributed by atoms with Crippen molar-refractivity contribution in [3.8, 4) is 11.3 Å². The van der Waals surface area contributed by atoms with Crippen LogP contribution >= 0.6 is 0 Å². The van der Waals surface area contributed by atoms with Crippen molar-refractivity contribution in [3.63, 3.8) is 0 Å². The number of hydrogen-bond acceptors (Lipinski definition) is 5. The van der Waals surface area contributed by atoms with Crippen molar-refractivity contribution in [1.82, 2.24) is 29.1 Å². The zero-order chi connectivity index (χ0) is 14.6. The van der Waals surface area contributed by atoms with E-state index in [9.17, 15) is 0 Å². The molecule has 4 aromatic heterocycles. The molecule has 0 radical (unpaired) electrons. The van der Waals surface area contributed by atoms with Gasteiger partial charge in [-0.25, -0.2) is 15.0 Å². The van der Waals surface area contributed by atoms with Crippen molar-refractivity contribution >= 4 is 22.5 Å². The van der Waals surface area contributed by atoms with E-state index in [2.05, 4.69) is 20.1 Å². The Bertz CT molecular complexity index is 980. The van der Waals surface area contributed by atoms with E-state index in [0.717, 1.165) is 28.0 Å². The number of rotatable bonds is 1. The molecule has 0 bridgehead atoms. The van der Waals surface area contributed by atoms with Crippen LogP contribution < -0.4 is 5.73 Å².